The van der Waals surface area contributed by atoms with Crippen LogP contribution in [0.4, 0.5) is 8.78 Å². The number of amides is 1. The van der Waals surface area contributed by atoms with E-state index in [1.54, 1.807) is 36.4 Å². The summed E-state index contributed by atoms with van der Waals surface area (Å²) < 4.78 is 49.0. The van der Waals surface area contributed by atoms with E-state index in [9.17, 15) is 23.2 Å². The van der Waals surface area contributed by atoms with Crippen LogP contribution in [-0.4, -0.2) is 45.9 Å². The van der Waals surface area contributed by atoms with Gasteiger partial charge in [-0.3, -0.25) is 14.4 Å². The highest BCUT2D eigenvalue weighted by molar-refractivity contribution is 6.14. The topological polar surface area (TPSA) is 100 Å². The number of hydrogen-bond acceptors (Lipinski definition) is 7. The second kappa shape index (κ2) is 14.6. The highest BCUT2D eigenvalue weighted by Crippen LogP contribution is 2.31. The van der Waals surface area contributed by atoms with Gasteiger partial charge in [-0.05, 0) is 65.2 Å². The third-order valence-electron chi connectivity index (χ3n) is 6.30. The van der Waals surface area contributed by atoms with E-state index in [1.807, 2.05) is 0 Å². The second-order valence-corrected chi connectivity index (χ2v) is 9.03. The van der Waals surface area contributed by atoms with Crippen molar-refractivity contribution in [2.45, 2.75) is 13.0 Å². The van der Waals surface area contributed by atoms with Crippen molar-refractivity contribution in [3.05, 3.63) is 95.1 Å². The first-order valence-electron chi connectivity index (χ1n) is 12.7. The smallest absolute Gasteiger partial charge is 0.217 e. The summed E-state index contributed by atoms with van der Waals surface area (Å²) in [5, 5.41) is 2.56. The molecule has 0 aromatic heterocycles. The van der Waals surface area contributed by atoms with Crippen LogP contribution in [0.3, 0.4) is 0 Å². The number of halogens is 2. The van der Waals surface area contributed by atoms with Gasteiger partial charge in [0, 0.05) is 6.92 Å². The van der Waals surface area contributed by atoms with Crippen molar-refractivity contribution < 1.29 is 42.1 Å². The monoisotopic (exact) mass is 579 g/mol. The van der Waals surface area contributed by atoms with Crippen molar-refractivity contribution in [1.82, 2.24) is 5.32 Å². The molecule has 3 rings (SSSR count). The highest BCUT2D eigenvalue weighted by atomic mass is 19.2. The minimum absolute atomic E-state index is 0.0369. The van der Waals surface area contributed by atoms with E-state index in [0.717, 1.165) is 12.1 Å². The molecule has 1 atom stereocenters. The number of methoxy groups -OCH3 is 4. The summed E-state index contributed by atoms with van der Waals surface area (Å²) in [6.07, 6.45) is 5.31. The first kappa shape index (κ1) is 31.5. The summed E-state index contributed by atoms with van der Waals surface area (Å²) >= 11 is 0. The lowest BCUT2D eigenvalue weighted by Gasteiger charge is -2.25. The molecule has 8 nitrogen and oxygen atoms in total. The number of benzene rings is 3. The van der Waals surface area contributed by atoms with E-state index in [1.165, 1.54) is 65.7 Å². The number of ketones is 2. The molecular formula is C32H31F2NO7. The van der Waals surface area contributed by atoms with Gasteiger partial charge in [0.05, 0.1) is 34.5 Å². The number of allylic oxidation sites excluding steroid dienone is 2. The first-order valence-corrected chi connectivity index (χ1v) is 12.7. The van der Waals surface area contributed by atoms with Crippen LogP contribution in [0.1, 0.15) is 29.7 Å². The largest absolute Gasteiger partial charge is 0.493 e. The maximum absolute atomic E-state index is 14.2. The molecule has 220 valence electrons. The van der Waals surface area contributed by atoms with Crippen LogP contribution in [0, 0.1) is 17.6 Å². The van der Waals surface area contributed by atoms with E-state index in [4.69, 9.17) is 18.9 Å². The van der Waals surface area contributed by atoms with E-state index in [0.29, 0.717) is 34.1 Å². The third kappa shape index (κ3) is 7.81. The van der Waals surface area contributed by atoms with E-state index in [2.05, 4.69) is 5.32 Å². The van der Waals surface area contributed by atoms with Gasteiger partial charge in [-0.15, -0.1) is 0 Å². The number of hydrogen-bond donors (Lipinski definition) is 1. The Morgan fingerprint density at radius 3 is 1.55 bits per heavy atom. The number of nitrogens with one attached hydrogen (secondary N) is 1. The first-order chi connectivity index (χ1) is 20.1. The quantitative estimate of drug-likeness (QED) is 0.215. The van der Waals surface area contributed by atoms with Gasteiger partial charge in [0.25, 0.3) is 0 Å². The molecule has 0 fully saturated rings. The SMILES string of the molecule is COc1ccc(/C=C/C(=O)C(C(=O)/C=C/c2ccc(OC)c(OC)c2)C(NC(C)=O)c2ccc(F)c(F)c2)cc1OC. The van der Waals surface area contributed by atoms with E-state index in [-0.39, 0.29) is 5.56 Å². The van der Waals surface area contributed by atoms with Crippen LogP contribution in [0.5, 0.6) is 23.0 Å². The van der Waals surface area contributed by atoms with Crippen molar-refractivity contribution in [1.29, 1.82) is 0 Å². The molecule has 10 heteroatoms. The average molecular weight is 580 g/mol. The lowest BCUT2D eigenvalue weighted by Crippen LogP contribution is -2.39. The molecular weight excluding hydrogens is 548 g/mol. The van der Waals surface area contributed by atoms with Crippen molar-refractivity contribution in [2.75, 3.05) is 28.4 Å². The number of carbonyl (C=O) groups is 3. The number of ether oxygens (including phenoxy) is 4. The summed E-state index contributed by atoms with van der Waals surface area (Å²) in [5.41, 5.74) is 1.17. The van der Waals surface area contributed by atoms with Gasteiger partial charge in [0.15, 0.2) is 46.2 Å². The van der Waals surface area contributed by atoms with Crippen LogP contribution in [0.25, 0.3) is 12.2 Å². The normalized spacial score (nSPS) is 11.9. The molecule has 3 aromatic carbocycles. The minimum atomic E-state index is -1.52. The minimum Gasteiger partial charge on any atom is -0.493 e. The molecule has 0 radical (unpaired) electrons. The Bertz CT molecular complexity index is 1440. The van der Waals surface area contributed by atoms with Gasteiger partial charge >= 0.3 is 0 Å². The zero-order chi connectivity index (χ0) is 30.8. The Hall–Kier alpha value is -4.99. The molecule has 1 unspecified atom stereocenters. The van der Waals surface area contributed by atoms with Crippen molar-refractivity contribution in [2.24, 2.45) is 5.92 Å². The predicted octanol–water partition coefficient (Wildman–Crippen LogP) is 5.36. The maximum atomic E-state index is 14.2. The van der Waals surface area contributed by atoms with Gasteiger partial charge in [-0.2, -0.15) is 0 Å². The number of rotatable bonds is 13. The summed E-state index contributed by atoms with van der Waals surface area (Å²) in [6, 6.07) is 11.6. The molecule has 42 heavy (non-hydrogen) atoms. The van der Waals surface area contributed by atoms with Crippen LogP contribution in [0.15, 0.2) is 66.7 Å². The summed E-state index contributed by atoms with van der Waals surface area (Å²) in [4.78, 5) is 39.4. The molecule has 1 amide bonds. The summed E-state index contributed by atoms with van der Waals surface area (Å²) in [6.45, 7) is 1.19. The summed E-state index contributed by atoms with van der Waals surface area (Å²) in [5.74, 6) is -3.96. The van der Waals surface area contributed by atoms with Crippen molar-refractivity contribution in [3.8, 4) is 23.0 Å². The molecule has 0 bridgehead atoms. The predicted molar refractivity (Wildman–Crippen MR) is 154 cm³/mol. The Balaban J connectivity index is 2.05. The zero-order valence-electron chi connectivity index (χ0n) is 23.8. The van der Waals surface area contributed by atoms with Crippen molar-refractivity contribution in [3.63, 3.8) is 0 Å². The fourth-order valence-electron chi connectivity index (χ4n) is 4.23. The van der Waals surface area contributed by atoms with Crippen LogP contribution in [-0.2, 0) is 14.4 Å². The van der Waals surface area contributed by atoms with Crippen LogP contribution in [0.2, 0.25) is 0 Å². The van der Waals surface area contributed by atoms with Crippen LogP contribution >= 0.6 is 0 Å². The fraction of sp³-hybridized carbons (Fsp3) is 0.219. The van der Waals surface area contributed by atoms with Crippen LogP contribution < -0.4 is 24.3 Å². The highest BCUT2D eigenvalue weighted by Gasteiger charge is 2.34. The Morgan fingerprint density at radius 1 is 0.667 bits per heavy atom. The molecule has 0 saturated carbocycles. The standard InChI is InChI=1S/C32H31F2NO7/c1-19(36)35-32(22-10-11-23(33)24(34)18-22)31(25(37)12-6-20-8-14-27(39-2)29(16-20)41-4)26(38)13-7-21-9-15-28(40-3)30(17-21)42-5/h6-18,31-32H,1-5H3,(H,35,36)/b12-6+,13-7+. The van der Waals surface area contributed by atoms with E-state index >= 15 is 0 Å². The average Bonchev–Trinajstić information content (AvgIpc) is 2.99. The molecule has 0 heterocycles. The molecule has 1 N–H and O–H groups in total. The lowest BCUT2D eigenvalue weighted by atomic mass is 9.85. The molecule has 0 aliphatic carbocycles. The third-order valence-corrected chi connectivity index (χ3v) is 6.30. The fourth-order valence-corrected chi connectivity index (χ4v) is 4.23. The summed E-state index contributed by atoms with van der Waals surface area (Å²) in [7, 11) is 5.91. The van der Waals surface area contributed by atoms with Gasteiger partial charge in [0.2, 0.25) is 5.91 Å². The second-order valence-electron chi connectivity index (χ2n) is 9.03. The van der Waals surface area contributed by atoms with Gasteiger partial charge < -0.3 is 24.3 Å². The maximum Gasteiger partial charge on any atom is 0.217 e. The Labute approximate surface area is 242 Å². The molecule has 0 aliphatic rings. The molecule has 0 saturated heterocycles. The van der Waals surface area contributed by atoms with E-state index < -0.39 is 41.1 Å². The van der Waals surface area contributed by atoms with Gasteiger partial charge in [-0.25, -0.2) is 8.78 Å². The molecule has 0 aliphatic heterocycles. The Morgan fingerprint density at radius 2 is 1.14 bits per heavy atom. The van der Waals surface area contributed by atoms with Crippen molar-refractivity contribution >= 4 is 29.6 Å². The molecule has 3 aromatic rings. The zero-order valence-corrected chi connectivity index (χ0v) is 23.8. The van der Waals surface area contributed by atoms with Gasteiger partial charge in [0.1, 0.15) is 5.92 Å². The lowest BCUT2D eigenvalue weighted by molar-refractivity contribution is -0.129. The van der Waals surface area contributed by atoms with Gasteiger partial charge in [-0.1, -0.05) is 30.4 Å². The number of carbonyl (C=O) groups excluding carboxylic acids is 3. The Kier molecular flexibility index (Phi) is 11.0. The molecule has 0 spiro atoms.